The average molecular weight is 234 g/mol. The molecule has 2 saturated heterocycles. The fourth-order valence-corrected chi connectivity index (χ4v) is 3.87. The summed E-state index contributed by atoms with van der Waals surface area (Å²) in [6, 6.07) is 0.539. The van der Waals surface area contributed by atoms with Crippen LogP contribution in [0.5, 0.6) is 0 Å². The van der Waals surface area contributed by atoms with Gasteiger partial charge >= 0.3 is 0 Å². The molecule has 0 aromatic rings. The summed E-state index contributed by atoms with van der Waals surface area (Å²) in [5.74, 6) is 1.93. The summed E-state index contributed by atoms with van der Waals surface area (Å²) < 4.78 is 0. The van der Waals surface area contributed by atoms with Crippen LogP contribution in [0.25, 0.3) is 0 Å². The third kappa shape index (κ3) is 2.13. The van der Waals surface area contributed by atoms with Crippen LogP contribution in [0.3, 0.4) is 0 Å². The van der Waals surface area contributed by atoms with E-state index in [2.05, 4.69) is 14.2 Å². The number of fused-ring (bicyclic) bond motifs is 3. The second-order valence-corrected chi connectivity index (χ2v) is 5.87. The van der Waals surface area contributed by atoms with Crippen molar-refractivity contribution in [3.05, 3.63) is 0 Å². The van der Waals surface area contributed by atoms with E-state index < -0.39 is 0 Å². The predicted octanol–water partition coefficient (Wildman–Crippen LogP) is 3.12. The minimum absolute atomic E-state index is 0.362. The molecule has 0 N–H and O–H groups in total. The van der Waals surface area contributed by atoms with Gasteiger partial charge in [-0.05, 0) is 18.8 Å². The van der Waals surface area contributed by atoms with Gasteiger partial charge in [-0.2, -0.15) is 0 Å². The van der Waals surface area contributed by atoms with Gasteiger partial charge in [0.2, 0.25) is 5.91 Å². The van der Waals surface area contributed by atoms with Crippen molar-refractivity contribution < 1.29 is 4.79 Å². The summed E-state index contributed by atoms with van der Waals surface area (Å²) >= 11 is 0. The molecule has 4 unspecified atom stereocenters. The first kappa shape index (κ1) is 13.0. The van der Waals surface area contributed by atoms with Crippen LogP contribution >= 0.6 is 0 Å². The molecule has 2 aliphatic heterocycles. The topological polar surface area (TPSA) is 20.3 Å². The highest BCUT2D eigenvalue weighted by molar-refractivity contribution is 6.56. The molecular weight excluding hydrogens is 209 g/mol. The first-order chi connectivity index (χ1) is 8.12. The standard InChI is InChI=1S/C12H19BNO.C2H6/c1-12-7-3-4-9-8(11(12)13-12)5-6-10(15)14(9)2;1-2/h8-9,11H,3-7H2,1-2H3;1-2H3. The van der Waals surface area contributed by atoms with E-state index in [1.807, 2.05) is 25.8 Å². The van der Waals surface area contributed by atoms with Crippen molar-refractivity contribution in [3.8, 4) is 0 Å². The van der Waals surface area contributed by atoms with Gasteiger partial charge in [0.05, 0.1) is 0 Å². The molecular formula is C14H25BNO. The Morgan fingerprint density at radius 3 is 2.76 bits per heavy atom. The molecule has 3 aliphatic rings. The molecule has 1 saturated carbocycles. The van der Waals surface area contributed by atoms with Crippen LogP contribution in [-0.2, 0) is 4.79 Å². The molecule has 1 amide bonds. The third-order valence-electron chi connectivity index (χ3n) is 4.97. The lowest BCUT2D eigenvalue weighted by molar-refractivity contribution is -0.136. The van der Waals surface area contributed by atoms with Crippen LogP contribution < -0.4 is 0 Å². The zero-order valence-electron chi connectivity index (χ0n) is 11.7. The highest BCUT2D eigenvalue weighted by atomic mass is 16.2. The van der Waals surface area contributed by atoms with E-state index in [4.69, 9.17) is 0 Å². The van der Waals surface area contributed by atoms with Gasteiger partial charge in [0, 0.05) is 19.5 Å². The Morgan fingerprint density at radius 2 is 2.06 bits per heavy atom. The number of nitrogens with zero attached hydrogens (tertiary/aromatic N) is 1. The Hall–Kier alpha value is -0.465. The molecule has 95 valence electrons. The molecule has 2 nitrogen and oxygen atoms in total. The number of rotatable bonds is 0. The predicted molar refractivity (Wildman–Crippen MR) is 72.4 cm³/mol. The molecule has 1 radical (unpaired) electrons. The molecule has 3 heteroatoms. The molecule has 17 heavy (non-hydrogen) atoms. The zero-order chi connectivity index (χ0) is 12.6. The van der Waals surface area contributed by atoms with Gasteiger partial charge in [-0.15, -0.1) is 0 Å². The van der Waals surface area contributed by atoms with Gasteiger partial charge in [-0.25, -0.2) is 0 Å². The van der Waals surface area contributed by atoms with Crippen LogP contribution in [0.4, 0.5) is 0 Å². The van der Waals surface area contributed by atoms with Crippen molar-refractivity contribution in [1.29, 1.82) is 0 Å². The fraction of sp³-hybridized carbons (Fsp3) is 0.929. The number of hydrogen-bond acceptors (Lipinski definition) is 1. The quantitative estimate of drug-likeness (QED) is 0.590. The largest absolute Gasteiger partial charge is 0.343 e. The Labute approximate surface area is 106 Å². The highest BCUT2D eigenvalue weighted by Gasteiger charge is 2.58. The third-order valence-corrected chi connectivity index (χ3v) is 4.97. The Kier molecular flexibility index (Phi) is 3.56. The van der Waals surface area contributed by atoms with E-state index in [9.17, 15) is 4.79 Å². The maximum Gasteiger partial charge on any atom is 0.222 e. The van der Waals surface area contributed by atoms with E-state index in [0.29, 0.717) is 17.3 Å². The highest BCUT2D eigenvalue weighted by Crippen LogP contribution is 2.67. The molecule has 1 aliphatic carbocycles. The summed E-state index contributed by atoms with van der Waals surface area (Å²) in [6.45, 7) is 6.40. The summed E-state index contributed by atoms with van der Waals surface area (Å²) in [4.78, 5) is 13.7. The summed E-state index contributed by atoms with van der Waals surface area (Å²) in [5.41, 5.74) is 0. The number of piperidine rings is 1. The SMILES string of the molecule is CC.CN1C(=O)CCC2C1CCCC1(C)[B]C21. The first-order valence-electron chi connectivity index (χ1n) is 7.23. The van der Waals surface area contributed by atoms with E-state index in [-0.39, 0.29) is 0 Å². The fourth-order valence-electron chi connectivity index (χ4n) is 3.87. The van der Waals surface area contributed by atoms with E-state index in [1.54, 1.807) is 0 Å². The van der Waals surface area contributed by atoms with Crippen LogP contribution in [0.15, 0.2) is 0 Å². The maximum atomic E-state index is 11.7. The van der Waals surface area contributed by atoms with E-state index >= 15 is 0 Å². The Bertz CT molecular complexity index is 307. The lowest BCUT2D eigenvalue weighted by atomic mass is 9.77. The van der Waals surface area contributed by atoms with E-state index in [0.717, 1.165) is 24.6 Å². The molecule has 3 rings (SSSR count). The van der Waals surface area contributed by atoms with Crippen molar-refractivity contribution in [2.75, 3.05) is 7.05 Å². The van der Waals surface area contributed by atoms with Crippen LogP contribution in [0.1, 0.15) is 52.9 Å². The van der Waals surface area contributed by atoms with Crippen LogP contribution in [-0.4, -0.2) is 31.2 Å². The first-order valence-corrected chi connectivity index (χ1v) is 7.23. The second kappa shape index (κ2) is 4.66. The molecule has 0 aromatic heterocycles. The minimum Gasteiger partial charge on any atom is -0.343 e. The smallest absolute Gasteiger partial charge is 0.222 e. The van der Waals surface area contributed by atoms with Gasteiger partial charge in [0.1, 0.15) is 7.28 Å². The zero-order valence-corrected chi connectivity index (χ0v) is 11.7. The van der Waals surface area contributed by atoms with Gasteiger partial charge in [0.25, 0.3) is 0 Å². The van der Waals surface area contributed by atoms with Crippen molar-refractivity contribution in [2.24, 2.45) is 5.92 Å². The lowest BCUT2D eigenvalue weighted by Crippen LogP contribution is -2.46. The van der Waals surface area contributed by atoms with Gasteiger partial charge in [0.15, 0.2) is 0 Å². The van der Waals surface area contributed by atoms with Crippen molar-refractivity contribution >= 4 is 13.2 Å². The number of likely N-dealkylation sites (tertiary alicyclic amines) is 1. The molecule has 2 heterocycles. The molecule has 0 spiro atoms. The van der Waals surface area contributed by atoms with Crippen molar-refractivity contribution in [3.63, 3.8) is 0 Å². The summed E-state index contributed by atoms with van der Waals surface area (Å²) in [7, 11) is 4.54. The number of amides is 1. The molecule has 0 aromatic carbocycles. The van der Waals surface area contributed by atoms with Crippen LogP contribution in [0.2, 0.25) is 11.1 Å². The Balaban J connectivity index is 0.000000514. The molecule has 3 fully saturated rings. The monoisotopic (exact) mass is 234 g/mol. The van der Waals surface area contributed by atoms with Crippen LogP contribution in [0, 0.1) is 5.92 Å². The average Bonchev–Trinajstić information content (AvgIpc) is 3.00. The van der Waals surface area contributed by atoms with Gasteiger partial charge < -0.3 is 4.90 Å². The van der Waals surface area contributed by atoms with Crippen molar-refractivity contribution in [1.82, 2.24) is 4.90 Å². The Morgan fingerprint density at radius 1 is 1.35 bits per heavy atom. The van der Waals surface area contributed by atoms with Gasteiger partial charge in [-0.3, -0.25) is 4.79 Å². The second-order valence-electron chi connectivity index (χ2n) is 5.87. The molecule has 4 atom stereocenters. The maximum absolute atomic E-state index is 11.7. The normalized spacial score (nSPS) is 43.4. The number of carbonyl (C=O) groups excluding carboxylic acids is 1. The summed E-state index contributed by atoms with van der Waals surface area (Å²) in [6.07, 6.45) is 5.77. The van der Waals surface area contributed by atoms with E-state index in [1.165, 1.54) is 19.3 Å². The lowest BCUT2D eigenvalue weighted by Gasteiger charge is -2.39. The number of hydrogen-bond donors (Lipinski definition) is 0. The minimum atomic E-state index is 0.362. The van der Waals surface area contributed by atoms with Crippen molar-refractivity contribution in [2.45, 2.75) is 70.0 Å². The summed E-state index contributed by atoms with van der Waals surface area (Å²) in [5, 5.41) is 0.528. The van der Waals surface area contributed by atoms with Gasteiger partial charge in [-0.1, -0.05) is 44.7 Å². The number of carbonyl (C=O) groups is 1. The molecule has 0 bridgehead atoms.